The molecule has 5 heteroatoms. The molecule has 2 aromatic rings. The van der Waals surface area contributed by atoms with Gasteiger partial charge in [0.2, 0.25) is 0 Å². The van der Waals surface area contributed by atoms with Crippen molar-refractivity contribution in [1.82, 2.24) is 15.1 Å². The molecule has 0 saturated heterocycles. The lowest BCUT2D eigenvalue weighted by molar-refractivity contribution is 0.631. The van der Waals surface area contributed by atoms with Crippen LogP contribution in [0.2, 0.25) is 5.02 Å². The summed E-state index contributed by atoms with van der Waals surface area (Å²) >= 11 is 9.62. The van der Waals surface area contributed by atoms with Crippen LogP contribution in [-0.2, 0) is 13.1 Å². The van der Waals surface area contributed by atoms with E-state index in [4.69, 9.17) is 11.6 Å². The van der Waals surface area contributed by atoms with E-state index in [-0.39, 0.29) is 0 Å². The molecule has 0 radical (unpaired) electrons. The van der Waals surface area contributed by atoms with Gasteiger partial charge in [0.05, 0.1) is 12.2 Å². The number of rotatable bonds is 5. The van der Waals surface area contributed by atoms with E-state index < -0.39 is 0 Å². The Labute approximate surface area is 126 Å². The standard InChI is InChI=1S/C14H15BrClN3/c15-11-2-1-10(14(16)7-11)9-19-6-5-13(18-19)8-17-12-3-4-12/h1-2,5-7,12,17H,3-4,8-9H2. The van der Waals surface area contributed by atoms with Crippen molar-refractivity contribution in [2.45, 2.75) is 32.0 Å². The molecule has 1 aromatic carbocycles. The highest BCUT2D eigenvalue weighted by Gasteiger charge is 2.20. The predicted molar refractivity (Wildman–Crippen MR) is 80.3 cm³/mol. The van der Waals surface area contributed by atoms with E-state index in [1.165, 1.54) is 12.8 Å². The third-order valence-electron chi connectivity index (χ3n) is 3.19. The van der Waals surface area contributed by atoms with E-state index in [0.29, 0.717) is 12.6 Å². The van der Waals surface area contributed by atoms with Gasteiger partial charge in [-0.05, 0) is 36.6 Å². The van der Waals surface area contributed by atoms with Crippen molar-refractivity contribution in [3.63, 3.8) is 0 Å². The molecular formula is C14H15BrClN3. The van der Waals surface area contributed by atoms with Gasteiger partial charge in [-0.25, -0.2) is 0 Å². The minimum Gasteiger partial charge on any atom is -0.308 e. The molecule has 3 nitrogen and oxygen atoms in total. The Morgan fingerprint density at radius 3 is 2.95 bits per heavy atom. The summed E-state index contributed by atoms with van der Waals surface area (Å²) in [6.07, 6.45) is 4.60. The fourth-order valence-corrected chi connectivity index (χ4v) is 2.68. The van der Waals surface area contributed by atoms with E-state index in [2.05, 4.69) is 32.4 Å². The monoisotopic (exact) mass is 339 g/mol. The fourth-order valence-electron chi connectivity index (χ4n) is 1.95. The molecule has 0 unspecified atom stereocenters. The second kappa shape index (κ2) is 5.65. The van der Waals surface area contributed by atoms with E-state index in [0.717, 1.165) is 27.3 Å². The predicted octanol–water partition coefficient (Wildman–Crippen LogP) is 3.60. The number of halogens is 2. The van der Waals surface area contributed by atoms with Gasteiger partial charge < -0.3 is 5.32 Å². The molecule has 1 heterocycles. The lowest BCUT2D eigenvalue weighted by atomic mass is 10.2. The Morgan fingerprint density at radius 1 is 1.37 bits per heavy atom. The smallest absolute Gasteiger partial charge is 0.0762 e. The van der Waals surface area contributed by atoms with Crippen molar-refractivity contribution < 1.29 is 0 Å². The van der Waals surface area contributed by atoms with Crippen LogP contribution in [0.25, 0.3) is 0 Å². The summed E-state index contributed by atoms with van der Waals surface area (Å²) in [4.78, 5) is 0. The molecule has 0 spiro atoms. The van der Waals surface area contributed by atoms with Crippen LogP contribution in [0.5, 0.6) is 0 Å². The van der Waals surface area contributed by atoms with Crippen LogP contribution in [0.15, 0.2) is 34.9 Å². The first-order valence-corrected chi connectivity index (χ1v) is 7.57. The maximum absolute atomic E-state index is 6.21. The van der Waals surface area contributed by atoms with Gasteiger partial charge in [-0.3, -0.25) is 4.68 Å². The largest absolute Gasteiger partial charge is 0.308 e. The topological polar surface area (TPSA) is 29.9 Å². The second-order valence-corrected chi connectivity index (χ2v) is 6.22. The molecule has 3 rings (SSSR count). The lowest BCUT2D eigenvalue weighted by Gasteiger charge is -2.05. The zero-order chi connectivity index (χ0) is 13.2. The molecule has 1 N–H and O–H groups in total. The average Bonchev–Trinajstić information content (AvgIpc) is 3.10. The first-order chi connectivity index (χ1) is 9.20. The van der Waals surface area contributed by atoms with Gasteiger partial charge in [-0.1, -0.05) is 33.6 Å². The third-order valence-corrected chi connectivity index (χ3v) is 4.04. The van der Waals surface area contributed by atoms with Gasteiger partial charge in [0.25, 0.3) is 0 Å². The van der Waals surface area contributed by atoms with Crippen LogP contribution in [0.4, 0.5) is 0 Å². The number of benzene rings is 1. The molecule has 19 heavy (non-hydrogen) atoms. The van der Waals surface area contributed by atoms with Crippen molar-refractivity contribution in [3.05, 3.63) is 51.2 Å². The van der Waals surface area contributed by atoms with Crippen LogP contribution in [-0.4, -0.2) is 15.8 Å². The minimum absolute atomic E-state index is 0.704. The second-order valence-electron chi connectivity index (χ2n) is 4.90. The van der Waals surface area contributed by atoms with Gasteiger partial charge >= 0.3 is 0 Å². The van der Waals surface area contributed by atoms with E-state index in [1.807, 2.05) is 29.1 Å². The number of hydrogen-bond donors (Lipinski definition) is 1. The fraction of sp³-hybridized carbons (Fsp3) is 0.357. The van der Waals surface area contributed by atoms with Crippen molar-refractivity contribution in [2.75, 3.05) is 0 Å². The molecule has 1 aromatic heterocycles. The summed E-state index contributed by atoms with van der Waals surface area (Å²) in [5.74, 6) is 0. The van der Waals surface area contributed by atoms with E-state index in [9.17, 15) is 0 Å². The molecule has 1 fully saturated rings. The molecule has 0 atom stereocenters. The van der Waals surface area contributed by atoms with Crippen molar-refractivity contribution in [2.24, 2.45) is 0 Å². The van der Waals surface area contributed by atoms with Gasteiger partial charge in [-0.2, -0.15) is 5.10 Å². The normalized spacial score (nSPS) is 14.8. The summed E-state index contributed by atoms with van der Waals surface area (Å²) in [7, 11) is 0. The van der Waals surface area contributed by atoms with Crippen molar-refractivity contribution in [3.8, 4) is 0 Å². The van der Waals surface area contributed by atoms with Crippen molar-refractivity contribution in [1.29, 1.82) is 0 Å². The Morgan fingerprint density at radius 2 is 2.21 bits per heavy atom. The van der Waals surface area contributed by atoms with Gasteiger partial charge in [-0.15, -0.1) is 0 Å². The SMILES string of the molecule is Clc1cc(Br)ccc1Cn1ccc(CNC2CC2)n1. The molecule has 100 valence electrons. The molecule has 1 saturated carbocycles. The van der Waals surface area contributed by atoms with Crippen molar-refractivity contribution >= 4 is 27.5 Å². The zero-order valence-electron chi connectivity index (χ0n) is 10.4. The van der Waals surface area contributed by atoms with Gasteiger partial charge in [0.1, 0.15) is 0 Å². The Hall–Kier alpha value is -0.840. The summed E-state index contributed by atoms with van der Waals surface area (Å²) < 4.78 is 2.93. The number of aromatic nitrogens is 2. The van der Waals surface area contributed by atoms with Gasteiger partial charge in [0, 0.05) is 28.3 Å². The maximum atomic E-state index is 6.21. The molecule has 1 aliphatic carbocycles. The molecule has 0 amide bonds. The highest BCUT2D eigenvalue weighted by Crippen LogP contribution is 2.22. The Balaban J connectivity index is 1.65. The van der Waals surface area contributed by atoms with E-state index >= 15 is 0 Å². The highest BCUT2D eigenvalue weighted by atomic mass is 79.9. The molecule has 1 aliphatic rings. The Bertz CT molecular complexity index is 578. The van der Waals surface area contributed by atoms with Crippen LogP contribution in [0.1, 0.15) is 24.1 Å². The first kappa shape index (κ1) is 13.2. The van der Waals surface area contributed by atoms with Crippen LogP contribution < -0.4 is 5.32 Å². The van der Waals surface area contributed by atoms with E-state index in [1.54, 1.807) is 0 Å². The summed E-state index contributed by atoms with van der Waals surface area (Å²) in [5.41, 5.74) is 2.16. The average molecular weight is 341 g/mol. The summed E-state index contributed by atoms with van der Waals surface area (Å²) in [5, 5.41) is 8.78. The van der Waals surface area contributed by atoms with Crippen LogP contribution in [0.3, 0.4) is 0 Å². The summed E-state index contributed by atoms with van der Waals surface area (Å²) in [6.45, 7) is 1.56. The first-order valence-electron chi connectivity index (χ1n) is 6.40. The molecule has 0 aliphatic heterocycles. The highest BCUT2D eigenvalue weighted by molar-refractivity contribution is 9.10. The number of nitrogens with zero attached hydrogens (tertiary/aromatic N) is 2. The molecule has 0 bridgehead atoms. The number of nitrogens with one attached hydrogen (secondary N) is 1. The number of hydrogen-bond acceptors (Lipinski definition) is 2. The third kappa shape index (κ3) is 3.59. The Kier molecular flexibility index (Phi) is 3.91. The zero-order valence-corrected chi connectivity index (χ0v) is 12.8. The van der Waals surface area contributed by atoms with Crippen LogP contribution in [0, 0.1) is 0 Å². The summed E-state index contributed by atoms with van der Waals surface area (Å²) in [6, 6.07) is 8.71. The molecular weight excluding hydrogens is 326 g/mol. The minimum atomic E-state index is 0.704. The van der Waals surface area contributed by atoms with Crippen LogP contribution >= 0.6 is 27.5 Å². The maximum Gasteiger partial charge on any atom is 0.0762 e. The quantitative estimate of drug-likeness (QED) is 0.901. The lowest BCUT2D eigenvalue weighted by Crippen LogP contribution is -2.16. The van der Waals surface area contributed by atoms with Gasteiger partial charge in [0.15, 0.2) is 0 Å².